The SMILES string of the molecule is CC(C)(C)c1ccc(C(=O)N2CCCCC2CN)cc1.Cl. The molecule has 1 aromatic carbocycles. The number of carbonyl (C=O) groups excluding carboxylic acids is 1. The summed E-state index contributed by atoms with van der Waals surface area (Å²) >= 11 is 0. The molecule has 1 aromatic rings. The molecule has 1 unspecified atom stereocenters. The molecule has 0 spiro atoms. The Morgan fingerprint density at radius 3 is 2.38 bits per heavy atom. The molecule has 1 amide bonds. The van der Waals surface area contributed by atoms with Crippen LogP contribution in [0.1, 0.15) is 56.0 Å². The van der Waals surface area contributed by atoms with E-state index in [1.54, 1.807) is 0 Å². The Labute approximate surface area is 134 Å². The van der Waals surface area contributed by atoms with Crippen LogP contribution >= 0.6 is 12.4 Å². The summed E-state index contributed by atoms with van der Waals surface area (Å²) < 4.78 is 0. The van der Waals surface area contributed by atoms with Crippen LogP contribution in [0, 0.1) is 0 Å². The van der Waals surface area contributed by atoms with Crippen molar-refractivity contribution in [1.82, 2.24) is 4.90 Å². The second-order valence-electron chi connectivity index (χ2n) is 6.71. The highest BCUT2D eigenvalue weighted by Gasteiger charge is 2.26. The van der Waals surface area contributed by atoms with Crippen molar-refractivity contribution in [2.75, 3.05) is 13.1 Å². The van der Waals surface area contributed by atoms with Gasteiger partial charge >= 0.3 is 0 Å². The first kappa shape index (κ1) is 18.0. The van der Waals surface area contributed by atoms with Crippen LogP contribution in [0.4, 0.5) is 0 Å². The number of nitrogens with zero attached hydrogens (tertiary/aromatic N) is 1. The summed E-state index contributed by atoms with van der Waals surface area (Å²) in [6.07, 6.45) is 3.29. The number of likely N-dealkylation sites (tertiary alicyclic amines) is 1. The number of amides is 1. The van der Waals surface area contributed by atoms with Crippen LogP contribution in [0.5, 0.6) is 0 Å². The molecular weight excluding hydrogens is 284 g/mol. The maximum Gasteiger partial charge on any atom is 0.254 e. The van der Waals surface area contributed by atoms with Gasteiger partial charge in [0.05, 0.1) is 0 Å². The normalized spacial score (nSPS) is 19.0. The number of piperidine rings is 1. The van der Waals surface area contributed by atoms with E-state index in [1.807, 2.05) is 17.0 Å². The molecule has 0 saturated carbocycles. The standard InChI is InChI=1S/C17H26N2O.ClH/c1-17(2,3)14-9-7-13(8-10-14)16(20)19-11-5-4-6-15(19)12-18;/h7-10,15H,4-6,11-12,18H2,1-3H3;1H. The lowest BCUT2D eigenvalue weighted by molar-refractivity contribution is 0.0623. The summed E-state index contributed by atoms with van der Waals surface area (Å²) in [5, 5.41) is 0. The fourth-order valence-electron chi connectivity index (χ4n) is 2.79. The summed E-state index contributed by atoms with van der Waals surface area (Å²) in [5.41, 5.74) is 7.94. The molecule has 2 N–H and O–H groups in total. The van der Waals surface area contributed by atoms with Crippen LogP contribution < -0.4 is 5.73 Å². The molecule has 0 aliphatic carbocycles. The van der Waals surface area contributed by atoms with Gasteiger partial charge in [-0.2, -0.15) is 0 Å². The monoisotopic (exact) mass is 310 g/mol. The molecule has 1 aliphatic rings. The molecule has 0 bridgehead atoms. The second kappa shape index (κ2) is 7.28. The van der Waals surface area contributed by atoms with E-state index >= 15 is 0 Å². The van der Waals surface area contributed by atoms with E-state index < -0.39 is 0 Å². The van der Waals surface area contributed by atoms with Gasteiger partial charge in [0.2, 0.25) is 0 Å². The molecule has 0 radical (unpaired) electrons. The summed E-state index contributed by atoms with van der Waals surface area (Å²) in [6, 6.07) is 8.23. The Kier molecular flexibility index (Phi) is 6.24. The minimum Gasteiger partial charge on any atom is -0.334 e. The molecule has 1 atom stereocenters. The van der Waals surface area contributed by atoms with Gasteiger partial charge in [-0.15, -0.1) is 12.4 Å². The fourth-order valence-corrected chi connectivity index (χ4v) is 2.79. The lowest BCUT2D eigenvalue weighted by Gasteiger charge is -2.35. The van der Waals surface area contributed by atoms with E-state index in [9.17, 15) is 4.79 Å². The predicted octanol–water partition coefficient (Wildman–Crippen LogP) is 3.36. The number of hydrogen-bond donors (Lipinski definition) is 1. The van der Waals surface area contributed by atoms with Gasteiger partial charge in [-0.25, -0.2) is 0 Å². The Hall–Kier alpha value is -1.06. The van der Waals surface area contributed by atoms with Crippen molar-refractivity contribution in [3.63, 3.8) is 0 Å². The van der Waals surface area contributed by atoms with Gasteiger partial charge in [-0.1, -0.05) is 32.9 Å². The molecule has 118 valence electrons. The van der Waals surface area contributed by atoms with Crippen LogP contribution in [0.25, 0.3) is 0 Å². The van der Waals surface area contributed by atoms with Crippen molar-refractivity contribution in [1.29, 1.82) is 0 Å². The van der Waals surface area contributed by atoms with Crippen LogP contribution in [-0.4, -0.2) is 29.9 Å². The van der Waals surface area contributed by atoms with E-state index in [1.165, 1.54) is 12.0 Å². The van der Waals surface area contributed by atoms with Gasteiger partial charge in [-0.05, 0) is 42.4 Å². The van der Waals surface area contributed by atoms with Crippen molar-refractivity contribution in [3.8, 4) is 0 Å². The van der Waals surface area contributed by atoms with E-state index in [0.29, 0.717) is 6.54 Å². The maximum absolute atomic E-state index is 12.6. The molecule has 1 saturated heterocycles. The highest BCUT2D eigenvalue weighted by atomic mass is 35.5. The van der Waals surface area contributed by atoms with Gasteiger partial charge < -0.3 is 10.6 Å². The lowest BCUT2D eigenvalue weighted by Crippen LogP contribution is -2.47. The van der Waals surface area contributed by atoms with E-state index in [4.69, 9.17) is 5.73 Å². The number of halogens is 1. The molecule has 3 nitrogen and oxygen atoms in total. The number of benzene rings is 1. The van der Waals surface area contributed by atoms with E-state index in [0.717, 1.165) is 24.9 Å². The third-order valence-electron chi connectivity index (χ3n) is 4.16. The first-order valence-corrected chi connectivity index (χ1v) is 7.55. The van der Waals surface area contributed by atoms with Crippen molar-refractivity contribution < 1.29 is 4.79 Å². The number of nitrogens with two attached hydrogens (primary N) is 1. The van der Waals surface area contributed by atoms with Gasteiger partial charge in [-0.3, -0.25) is 4.79 Å². The number of carbonyl (C=O) groups is 1. The van der Waals surface area contributed by atoms with Crippen molar-refractivity contribution in [2.24, 2.45) is 5.73 Å². The molecule has 0 aromatic heterocycles. The highest BCUT2D eigenvalue weighted by molar-refractivity contribution is 5.94. The summed E-state index contributed by atoms with van der Waals surface area (Å²) in [4.78, 5) is 14.6. The van der Waals surface area contributed by atoms with E-state index in [2.05, 4.69) is 32.9 Å². The number of hydrogen-bond acceptors (Lipinski definition) is 2. The maximum atomic E-state index is 12.6. The average molecular weight is 311 g/mol. The van der Waals surface area contributed by atoms with Gasteiger partial charge in [0.25, 0.3) is 5.91 Å². The minimum atomic E-state index is 0. The average Bonchev–Trinajstić information content (AvgIpc) is 2.45. The second-order valence-corrected chi connectivity index (χ2v) is 6.71. The van der Waals surface area contributed by atoms with Crippen LogP contribution in [0.3, 0.4) is 0 Å². The summed E-state index contributed by atoms with van der Waals surface area (Å²) in [7, 11) is 0. The van der Waals surface area contributed by atoms with Crippen LogP contribution in [0.2, 0.25) is 0 Å². The molecule has 1 heterocycles. The van der Waals surface area contributed by atoms with E-state index in [-0.39, 0.29) is 29.8 Å². The zero-order chi connectivity index (χ0) is 14.8. The minimum absolute atomic E-state index is 0. The molecular formula is C17H27ClN2O. The summed E-state index contributed by atoms with van der Waals surface area (Å²) in [5.74, 6) is 0.126. The third kappa shape index (κ3) is 4.21. The van der Waals surface area contributed by atoms with Gasteiger partial charge in [0.1, 0.15) is 0 Å². The van der Waals surface area contributed by atoms with Gasteiger partial charge in [0.15, 0.2) is 0 Å². The highest BCUT2D eigenvalue weighted by Crippen LogP contribution is 2.24. The number of rotatable bonds is 2. The fraction of sp³-hybridized carbons (Fsp3) is 0.588. The lowest BCUT2D eigenvalue weighted by atomic mass is 9.86. The Bertz CT molecular complexity index is 465. The smallest absolute Gasteiger partial charge is 0.254 e. The first-order chi connectivity index (χ1) is 9.43. The Morgan fingerprint density at radius 1 is 1.24 bits per heavy atom. The van der Waals surface area contributed by atoms with Crippen LogP contribution in [0.15, 0.2) is 24.3 Å². The molecule has 4 heteroatoms. The van der Waals surface area contributed by atoms with Crippen molar-refractivity contribution in [2.45, 2.75) is 51.5 Å². The molecule has 1 fully saturated rings. The topological polar surface area (TPSA) is 46.3 Å². The third-order valence-corrected chi connectivity index (χ3v) is 4.16. The quantitative estimate of drug-likeness (QED) is 0.910. The molecule has 21 heavy (non-hydrogen) atoms. The van der Waals surface area contributed by atoms with Crippen molar-refractivity contribution in [3.05, 3.63) is 35.4 Å². The first-order valence-electron chi connectivity index (χ1n) is 7.55. The predicted molar refractivity (Wildman–Crippen MR) is 90.1 cm³/mol. The van der Waals surface area contributed by atoms with Crippen molar-refractivity contribution >= 4 is 18.3 Å². The Balaban J connectivity index is 0.00000220. The Morgan fingerprint density at radius 2 is 1.86 bits per heavy atom. The zero-order valence-electron chi connectivity index (χ0n) is 13.3. The zero-order valence-corrected chi connectivity index (χ0v) is 14.1. The van der Waals surface area contributed by atoms with Crippen LogP contribution in [-0.2, 0) is 5.41 Å². The van der Waals surface area contributed by atoms with Gasteiger partial charge in [0, 0.05) is 24.7 Å². The largest absolute Gasteiger partial charge is 0.334 e. The molecule has 1 aliphatic heterocycles. The molecule has 2 rings (SSSR count). The summed E-state index contributed by atoms with van der Waals surface area (Å²) in [6.45, 7) is 7.93.